The number of nitrogens with zero attached hydrogens (tertiary/aromatic N) is 1. The largest absolute Gasteiger partial charge is 0.494 e. The first-order valence-corrected chi connectivity index (χ1v) is 8.50. The van der Waals surface area contributed by atoms with Crippen molar-refractivity contribution >= 4 is 11.6 Å². The maximum atomic E-state index is 12.4. The zero-order chi connectivity index (χ0) is 19.1. The standard InChI is InChI=1S/C21H20N2O4/c1-3-26-17-8-6-7-15(13-17)21(24)23-16-11-12-20(22-14-16)27-19-10-5-4-9-18(19)25-2/h4-14H,3H2,1-2H3,(H,23,24). The molecular weight excluding hydrogens is 344 g/mol. The van der Waals surface area contributed by atoms with Crippen LogP contribution in [-0.2, 0) is 0 Å². The van der Waals surface area contributed by atoms with Crippen LogP contribution in [0, 0.1) is 0 Å². The van der Waals surface area contributed by atoms with Gasteiger partial charge in [-0.25, -0.2) is 4.98 Å². The van der Waals surface area contributed by atoms with Crippen LogP contribution in [0.2, 0.25) is 0 Å². The summed E-state index contributed by atoms with van der Waals surface area (Å²) < 4.78 is 16.4. The van der Waals surface area contributed by atoms with Gasteiger partial charge in [-0.3, -0.25) is 4.79 Å². The second-order valence-corrected chi connectivity index (χ2v) is 5.55. The molecule has 2 aromatic carbocycles. The Hall–Kier alpha value is -3.54. The maximum Gasteiger partial charge on any atom is 0.255 e. The molecule has 1 heterocycles. The lowest BCUT2D eigenvalue weighted by molar-refractivity contribution is 0.102. The van der Waals surface area contributed by atoms with Gasteiger partial charge in [-0.1, -0.05) is 18.2 Å². The summed E-state index contributed by atoms with van der Waals surface area (Å²) in [6.45, 7) is 2.44. The molecule has 6 heteroatoms. The third-order valence-electron chi connectivity index (χ3n) is 3.69. The van der Waals surface area contributed by atoms with E-state index in [9.17, 15) is 4.79 Å². The van der Waals surface area contributed by atoms with Gasteiger partial charge in [0, 0.05) is 11.6 Å². The van der Waals surface area contributed by atoms with E-state index in [0.29, 0.717) is 41.0 Å². The van der Waals surface area contributed by atoms with Crippen LogP contribution in [-0.4, -0.2) is 24.6 Å². The monoisotopic (exact) mass is 364 g/mol. The molecule has 0 saturated carbocycles. The summed E-state index contributed by atoms with van der Waals surface area (Å²) in [5, 5.41) is 2.80. The topological polar surface area (TPSA) is 69.7 Å². The molecule has 0 aliphatic carbocycles. The van der Waals surface area contributed by atoms with Crippen LogP contribution in [0.3, 0.4) is 0 Å². The minimum Gasteiger partial charge on any atom is -0.494 e. The van der Waals surface area contributed by atoms with E-state index in [0.717, 1.165) is 0 Å². The van der Waals surface area contributed by atoms with Crippen LogP contribution in [0.1, 0.15) is 17.3 Å². The van der Waals surface area contributed by atoms with Crippen molar-refractivity contribution in [2.45, 2.75) is 6.92 Å². The Morgan fingerprint density at radius 2 is 1.85 bits per heavy atom. The number of para-hydroxylation sites is 2. The van der Waals surface area contributed by atoms with Crippen molar-refractivity contribution in [1.82, 2.24) is 4.98 Å². The molecule has 3 rings (SSSR count). The Balaban J connectivity index is 1.67. The quantitative estimate of drug-likeness (QED) is 0.667. The number of hydrogen-bond donors (Lipinski definition) is 1. The Labute approximate surface area is 157 Å². The number of amides is 1. The molecule has 0 aliphatic heterocycles. The summed E-state index contributed by atoms with van der Waals surface area (Å²) in [5.74, 6) is 2.00. The highest BCUT2D eigenvalue weighted by Gasteiger charge is 2.09. The van der Waals surface area contributed by atoms with Crippen molar-refractivity contribution < 1.29 is 19.0 Å². The van der Waals surface area contributed by atoms with Gasteiger partial charge in [0.15, 0.2) is 11.5 Å². The molecule has 1 N–H and O–H groups in total. The molecule has 0 bridgehead atoms. The number of aromatic nitrogens is 1. The summed E-state index contributed by atoms with van der Waals surface area (Å²) in [4.78, 5) is 16.6. The number of ether oxygens (including phenoxy) is 3. The second-order valence-electron chi connectivity index (χ2n) is 5.55. The van der Waals surface area contributed by atoms with Gasteiger partial charge in [0.2, 0.25) is 5.88 Å². The van der Waals surface area contributed by atoms with Crippen molar-refractivity contribution in [2.24, 2.45) is 0 Å². The summed E-state index contributed by atoms with van der Waals surface area (Å²) >= 11 is 0. The van der Waals surface area contributed by atoms with E-state index >= 15 is 0 Å². The van der Waals surface area contributed by atoms with Crippen molar-refractivity contribution in [2.75, 3.05) is 19.0 Å². The Bertz CT molecular complexity index is 910. The molecule has 1 amide bonds. The molecule has 0 radical (unpaired) electrons. The fraction of sp³-hybridized carbons (Fsp3) is 0.143. The number of carbonyl (C=O) groups is 1. The molecule has 6 nitrogen and oxygen atoms in total. The molecule has 0 spiro atoms. The van der Waals surface area contributed by atoms with E-state index in [-0.39, 0.29) is 5.91 Å². The van der Waals surface area contributed by atoms with Gasteiger partial charge in [-0.2, -0.15) is 0 Å². The molecule has 1 aromatic heterocycles. The Morgan fingerprint density at radius 3 is 2.56 bits per heavy atom. The molecule has 0 saturated heterocycles. The lowest BCUT2D eigenvalue weighted by Gasteiger charge is -2.10. The number of nitrogens with one attached hydrogen (secondary N) is 1. The van der Waals surface area contributed by atoms with Gasteiger partial charge < -0.3 is 19.5 Å². The predicted octanol–water partition coefficient (Wildman–Crippen LogP) is 4.53. The average Bonchev–Trinajstić information content (AvgIpc) is 2.70. The molecule has 3 aromatic rings. The van der Waals surface area contributed by atoms with Gasteiger partial charge in [0.05, 0.1) is 25.6 Å². The van der Waals surface area contributed by atoms with E-state index < -0.39 is 0 Å². The van der Waals surface area contributed by atoms with Crippen LogP contribution in [0.5, 0.6) is 23.1 Å². The number of carbonyl (C=O) groups excluding carboxylic acids is 1. The van der Waals surface area contributed by atoms with Gasteiger partial charge in [0.1, 0.15) is 5.75 Å². The van der Waals surface area contributed by atoms with Gasteiger partial charge in [-0.05, 0) is 43.3 Å². The molecule has 0 fully saturated rings. The van der Waals surface area contributed by atoms with Crippen LogP contribution >= 0.6 is 0 Å². The van der Waals surface area contributed by atoms with Crippen LogP contribution in [0.15, 0.2) is 66.9 Å². The van der Waals surface area contributed by atoms with Crippen LogP contribution in [0.4, 0.5) is 5.69 Å². The summed E-state index contributed by atoms with van der Waals surface area (Å²) in [7, 11) is 1.58. The maximum absolute atomic E-state index is 12.4. The van der Waals surface area contributed by atoms with Gasteiger partial charge in [0.25, 0.3) is 5.91 Å². The first kappa shape index (κ1) is 18.3. The smallest absolute Gasteiger partial charge is 0.255 e. The second kappa shape index (κ2) is 8.71. The van der Waals surface area contributed by atoms with Crippen molar-refractivity contribution in [3.63, 3.8) is 0 Å². The molecule has 0 unspecified atom stereocenters. The highest BCUT2D eigenvalue weighted by atomic mass is 16.5. The Kier molecular flexibility index (Phi) is 5.89. The number of hydrogen-bond acceptors (Lipinski definition) is 5. The summed E-state index contributed by atoms with van der Waals surface area (Å²) in [6, 6.07) is 17.7. The number of pyridine rings is 1. The van der Waals surface area contributed by atoms with Gasteiger partial charge >= 0.3 is 0 Å². The fourth-order valence-electron chi connectivity index (χ4n) is 2.43. The zero-order valence-electron chi connectivity index (χ0n) is 15.1. The van der Waals surface area contributed by atoms with E-state index in [2.05, 4.69) is 10.3 Å². The number of methoxy groups -OCH3 is 1. The Morgan fingerprint density at radius 1 is 1.04 bits per heavy atom. The van der Waals surface area contributed by atoms with Gasteiger partial charge in [-0.15, -0.1) is 0 Å². The molecular formula is C21H20N2O4. The third kappa shape index (κ3) is 4.76. The van der Waals surface area contributed by atoms with Crippen molar-refractivity contribution in [3.8, 4) is 23.1 Å². The summed E-state index contributed by atoms with van der Waals surface area (Å²) in [5.41, 5.74) is 1.07. The lowest BCUT2D eigenvalue weighted by atomic mass is 10.2. The van der Waals surface area contributed by atoms with E-state index in [1.165, 1.54) is 6.20 Å². The SMILES string of the molecule is CCOc1cccc(C(=O)Nc2ccc(Oc3ccccc3OC)nc2)c1. The highest BCUT2D eigenvalue weighted by molar-refractivity contribution is 6.04. The molecule has 0 aliphatic rings. The average molecular weight is 364 g/mol. The minimum absolute atomic E-state index is 0.239. The lowest BCUT2D eigenvalue weighted by Crippen LogP contribution is -2.12. The molecule has 0 atom stereocenters. The third-order valence-corrected chi connectivity index (χ3v) is 3.69. The normalized spacial score (nSPS) is 10.1. The minimum atomic E-state index is -0.239. The zero-order valence-corrected chi connectivity index (χ0v) is 15.1. The highest BCUT2D eigenvalue weighted by Crippen LogP contribution is 2.30. The van der Waals surface area contributed by atoms with E-state index in [1.54, 1.807) is 49.6 Å². The first-order valence-electron chi connectivity index (χ1n) is 8.50. The van der Waals surface area contributed by atoms with Crippen molar-refractivity contribution in [1.29, 1.82) is 0 Å². The summed E-state index contributed by atoms with van der Waals surface area (Å²) in [6.07, 6.45) is 1.54. The van der Waals surface area contributed by atoms with Crippen LogP contribution < -0.4 is 19.5 Å². The fourth-order valence-corrected chi connectivity index (χ4v) is 2.43. The van der Waals surface area contributed by atoms with Crippen LogP contribution in [0.25, 0.3) is 0 Å². The molecule has 138 valence electrons. The first-order chi connectivity index (χ1) is 13.2. The number of benzene rings is 2. The van der Waals surface area contributed by atoms with E-state index in [1.807, 2.05) is 25.1 Å². The van der Waals surface area contributed by atoms with Crippen molar-refractivity contribution in [3.05, 3.63) is 72.4 Å². The number of anilines is 1. The number of rotatable bonds is 7. The predicted molar refractivity (Wildman–Crippen MR) is 103 cm³/mol. The van der Waals surface area contributed by atoms with E-state index in [4.69, 9.17) is 14.2 Å². The molecule has 27 heavy (non-hydrogen) atoms.